The summed E-state index contributed by atoms with van der Waals surface area (Å²) in [5, 5.41) is 5.55. The molecule has 0 aromatic heterocycles. The summed E-state index contributed by atoms with van der Waals surface area (Å²) >= 11 is 0. The number of benzene rings is 2. The topological polar surface area (TPSA) is 58.2 Å². The summed E-state index contributed by atoms with van der Waals surface area (Å²) in [6.45, 7) is 6.51. The number of hydrogen-bond donors (Lipinski definition) is 2. The minimum Gasteiger partial charge on any atom is -0.354 e. The summed E-state index contributed by atoms with van der Waals surface area (Å²) in [6, 6.07) is 17.4. The van der Waals surface area contributed by atoms with Crippen LogP contribution in [-0.2, 0) is 10.2 Å². The Morgan fingerprint density at radius 2 is 1.54 bits per heavy atom. The molecule has 0 saturated carbocycles. The highest BCUT2D eigenvalue weighted by molar-refractivity contribution is 5.97. The van der Waals surface area contributed by atoms with Gasteiger partial charge in [-0.3, -0.25) is 9.59 Å². The molecule has 0 aliphatic heterocycles. The summed E-state index contributed by atoms with van der Waals surface area (Å²) < 4.78 is 0. The van der Waals surface area contributed by atoms with Gasteiger partial charge in [0.1, 0.15) is 0 Å². The van der Waals surface area contributed by atoms with E-state index in [1.165, 1.54) is 0 Å². The Labute approximate surface area is 143 Å². The lowest BCUT2D eigenvalue weighted by atomic mass is 9.84. The maximum atomic E-state index is 12.1. The van der Waals surface area contributed by atoms with Crippen LogP contribution in [0.15, 0.2) is 54.6 Å². The zero-order chi connectivity index (χ0) is 17.6. The van der Waals surface area contributed by atoms with Gasteiger partial charge in [-0.1, -0.05) is 62.4 Å². The van der Waals surface area contributed by atoms with Crippen LogP contribution in [0.2, 0.25) is 0 Å². The number of carbonyl (C=O) groups excluding carboxylic acids is 2. The Morgan fingerprint density at radius 3 is 2.21 bits per heavy atom. The van der Waals surface area contributed by atoms with Gasteiger partial charge in [-0.25, -0.2) is 0 Å². The van der Waals surface area contributed by atoms with Crippen molar-refractivity contribution in [2.24, 2.45) is 0 Å². The van der Waals surface area contributed by atoms with Gasteiger partial charge in [-0.05, 0) is 24.1 Å². The highest BCUT2D eigenvalue weighted by Crippen LogP contribution is 2.21. The highest BCUT2D eigenvalue weighted by atomic mass is 16.2. The van der Waals surface area contributed by atoms with Crippen LogP contribution >= 0.6 is 0 Å². The molecule has 0 aliphatic carbocycles. The smallest absolute Gasteiger partial charge is 0.251 e. The average Bonchev–Trinajstić information content (AvgIpc) is 2.59. The predicted molar refractivity (Wildman–Crippen MR) is 96.0 cm³/mol. The summed E-state index contributed by atoms with van der Waals surface area (Å²) in [5.74, 6) is -0.425. The number of rotatable bonds is 6. The van der Waals surface area contributed by atoms with Crippen molar-refractivity contribution in [1.29, 1.82) is 0 Å². The molecule has 2 N–H and O–H groups in total. The molecule has 0 radical (unpaired) electrons. The van der Waals surface area contributed by atoms with Crippen molar-refractivity contribution in [2.75, 3.05) is 13.1 Å². The van der Waals surface area contributed by atoms with Gasteiger partial charge in [0.05, 0.1) is 6.54 Å². The van der Waals surface area contributed by atoms with Crippen LogP contribution in [0.3, 0.4) is 0 Å². The van der Waals surface area contributed by atoms with E-state index in [0.717, 1.165) is 11.1 Å². The van der Waals surface area contributed by atoms with Crippen molar-refractivity contribution in [2.45, 2.75) is 26.2 Å². The number of amides is 2. The highest BCUT2D eigenvalue weighted by Gasteiger charge is 2.21. The third-order valence-corrected chi connectivity index (χ3v) is 4.08. The Kier molecular flexibility index (Phi) is 5.74. The second-order valence-electron chi connectivity index (χ2n) is 6.52. The van der Waals surface area contributed by atoms with Gasteiger partial charge in [0.15, 0.2) is 0 Å². The van der Waals surface area contributed by atoms with Crippen LogP contribution in [0.4, 0.5) is 0 Å². The molecule has 2 aromatic carbocycles. The van der Waals surface area contributed by atoms with E-state index in [1.807, 2.05) is 55.5 Å². The molecule has 0 atom stereocenters. The lowest BCUT2D eigenvalue weighted by Gasteiger charge is -2.25. The summed E-state index contributed by atoms with van der Waals surface area (Å²) in [5.41, 5.74) is 2.47. The maximum absolute atomic E-state index is 12.1. The monoisotopic (exact) mass is 324 g/mol. The fraction of sp³-hybridized carbons (Fsp3) is 0.300. The standard InChI is InChI=1S/C20H24N2O2/c1-15-9-7-8-12-17(15)19(24)21-13-18(23)22-14-20(2,3)16-10-5-4-6-11-16/h4-12H,13-14H2,1-3H3,(H,21,24)(H,22,23). The van der Waals surface area contributed by atoms with E-state index in [1.54, 1.807) is 6.07 Å². The molecule has 0 fully saturated rings. The van der Waals surface area contributed by atoms with E-state index >= 15 is 0 Å². The third kappa shape index (κ3) is 4.69. The zero-order valence-electron chi connectivity index (χ0n) is 14.4. The van der Waals surface area contributed by atoms with Crippen molar-refractivity contribution in [3.8, 4) is 0 Å². The molecule has 0 spiro atoms. The Morgan fingerprint density at radius 1 is 0.917 bits per heavy atom. The van der Waals surface area contributed by atoms with Gasteiger partial charge in [-0.15, -0.1) is 0 Å². The van der Waals surface area contributed by atoms with Crippen LogP contribution in [0.25, 0.3) is 0 Å². The van der Waals surface area contributed by atoms with Gasteiger partial charge in [0, 0.05) is 17.5 Å². The summed E-state index contributed by atoms with van der Waals surface area (Å²) in [6.07, 6.45) is 0. The molecule has 24 heavy (non-hydrogen) atoms. The van der Waals surface area contributed by atoms with Gasteiger partial charge >= 0.3 is 0 Å². The van der Waals surface area contributed by atoms with Crippen LogP contribution < -0.4 is 10.6 Å². The molecule has 2 amide bonds. The Hall–Kier alpha value is -2.62. The number of nitrogens with one attached hydrogen (secondary N) is 2. The van der Waals surface area contributed by atoms with Gasteiger partial charge in [0.2, 0.25) is 5.91 Å². The van der Waals surface area contributed by atoms with Crippen LogP contribution in [0.1, 0.15) is 35.3 Å². The van der Waals surface area contributed by atoms with Crippen molar-refractivity contribution in [3.05, 3.63) is 71.3 Å². The van der Waals surface area contributed by atoms with Crippen LogP contribution in [-0.4, -0.2) is 24.9 Å². The van der Waals surface area contributed by atoms with E-state index in [4.69, 9.17) is 0 Å². The quantitative estimate of drug-likeness (QED) is 0.858. The molecule has 0 saturated heterocycles. The first-order chi connectivity index (χ1) is 11.4. The fourth-order valence-electron chi connectivity index (χ4n) is 2.46. The fourth-order valence-corrected chi connectivity index (χ4v) is 2.46. The van der Waals surface area contributed by atoms with Crippen molar-refractivity contribution < 1.29 is 9.59 Å². The molecule has 0 unspecified atom stereocenters. The first kappa shape index (κ1) is 17.7. The molecule has 4 heteroatoms. The molecule has 126 valence electrons. The van der Waals surface area contributed by atoms with Crippen LogP contribution in [0, 0.1) is 6.92 Å². The molecule has 0 heterocycles. The molecular weight excluding hydrogens is 300 g/mol. The number of carbonyl (C=O) groups is 2. The second kappa shape index (κ2) is 7.77. The maximum Gasteiger partial charge on any atom is 0.251 e. The third-order valence-electron chi connectivity index (χ3n) is 4.08. The minimum atomic E-state index is -0.231. The molecule has 0 aliphatic rings. The van der Waals surface area contributed by atoms with E-state index < -0.39 is 0 Å². The zero-order valence-corrected chi connectivity index (χ0v) is 14.4. The lowest BCUT2D eigenvalue weighted by Crippen LogP contribution is -2.42. The predicted octanol–water partition coefficient (Wildman–Crippen LogP) is 2.82. The van der Waals surface area contributed by atoms with E-state index in [2.05, 4.69) is 24.5 Å². The van der Waals surface area contributed by atoms with Gasteiger partial charge in [0.25, 0.3) is 5.91 Å². The molecule has 2 rings (SSSR count). The van der Waals surface area contributed by atoms with E-state index in [9.17, 15) is 9.59 Å². The molecule has 0 bridgehead atoms. The summed E-state index contributed by atoms with van der Waals surface area (Å²) in [4.78, 5) is 24.1. The van der Waals surface area contributed by atoms with Crippen molar-refractivity contribution in [1.82, 2.24) is 10.6 Å². The SMILES string of the molecule is Cc1ccccc1C(=O)NCC(=O)NCC(C)(C)c1ccccc1. The summed E-state index contributed by atoms with van der Waals surface area (Å²) in [7, 11) is 0. The number of aryl methyl sites for hydroxylation is 1. The number of hydrogen-bond acceptors (Lipinski definition) is 2. The Balaban J connectivity index is 1.84. The minimum absolute atomic E-state index is 0.0297. The van der Waals surface area contributed by atoms with Crippen molar-refractivity contribution in [3.63, 3.8) is 0 Å². The molecule has 2 aromatic rings. The first-order valence-electron chi connectivity index (χ1n) is 8.06. The largest absolute Gasteiger partial charge is 0.354 e. The second-order valence-corrected chi connectivity index (χ2v) is 6.52. The molecular formula is C20H24N2O2. The Bertz CT molecular complexity index is 709. The van der Waals surface area contributed by atoms with Crippen molar-refractivity contribution >= 4 is 11.8 Å². The van der Waals surface area contributed by atoms with Gasteiger partial charge in [-0.2, -0.15) is 0 Å². The van der Waals surface area contributed by atoms with Gasteiger partial charge < -0.3 is 10.6 Å². The van der Waals surface area contributed by atoms with E-state index in [0.29, 0.717) is 12.1 Å². The lowest BCUT2D eigenvalue weighted by molar-refractivity contribution is -0.120. The first-order valence-corrected chi connectivity index (χ1v) is 8.06. The van der Waals surface area contributed by atoms with Crippen LogP contribution in [0.5, 0.6) is 0 Å². The average molecular weight is 324 g/mol. The van der Waals surface area contributed by atoms with E-state index in [-0.39, 0.29) is 23.8 Å². The normalized spacial score (nSPS) is 11.0. The molecule has 4 nitrogen and oxygen atoms in total.